The minimum absolute atomic E-state index is 0.0520. The van der Waals surface area contributed by atoms with Crippen molar-refractivity contribution in [2.75, 3.05) is 5.75 Å². The Hall–Kier alpha value is -1.29. The zero-order valence-electron chi connectivity index (χ0n) is 8.47. The second kappa shape index (κ2) is 4.06. The van der Waals surface area contributed by atoms with Crippen LogP contribution in [0.3, 0.4) is 0 Å². The van der Waals surface area contributed by atoms with Crippen molar-refractivity contribution in [3.8, 4) is 0 Å². The SMILES string of the molecule is Cc1nc2ccccc2n1C(=O)CCS. The molecule has 0 radical (unpaired) electrons. The molecular weight excluding hydrogens is 208 g/mol. The van der Waals surface area contributed by atoms with E-state index >= 15 is 0 Å². The Kier molecular flexibility index (Phi) is 2.77. The maximum Gasteiger partial charge on any atom is 0.233 e. The molecule has 0 bridgehead atoms. The summed E-state index contributed by atoms with van der Waals surface area (Å²) in [6, 6.07) is 7.65. The number of rotatable bonds is 2. The van der Waals surface area contributed by atoms with Gasteiger partial charge in [-0.15, -0.1) is 0 Å². The number of para-hydroxylation sites is 2. The number of carbonyl (C=O) groups is 1. The average molecular weight is 220 g/mol. The van der Waals surface area contributed by atoms with Gasteiger partial charge in [-0.25, -0.2) is 4.98 Å². The van der Waals surface area contributed by atoms with E-state index in [4.69, 9.17) is 0 Å². The van der Waals surface area contributed by atoms with Crippen LogP contribution in [0.15, 0.2) is 24.3 Å². The molecule has 0 N–H and O–H groups in total. The molecule has 0 fully saturated rings. The van der Waals surface area contributed by atoms with Crippen molar-refractivity contribution in [1.29, 1.82) is 0 Å². The lowest BCUT2D eigenvalue weighted by Crippen LogP contribution is -2.12. The van der Waals surface area contributed by atoms with E-state index in [2.05, 4.69) is 17.6 Å². The first kappa shape index (κ1) is 10.2. The Morgan fingerprint density at radius 1 is 1.47 bits per heavy atom. The summed E-state index contributed by atoms with van der Waals surface area (Å²) in [6.07, 6.45) is 0.435. The summed E-state index contributed by atoms with van der Waals surface area (Å²) in [4.78, 5) is 16.1. The lowest BCUT2D eigenvalue weighted by Gasteiger charge is -2.03. The monoisotopic (exact) mass is 220 g/mol. The van der Waals surface area contributed by atoms with Crippen LogP contribution in [-0.2, 0) is 0 Å². The molecule has 0 amide bonds. The van der Waals surface area contributed by atoms with Crippen molar-refractivity contribution in [1.82, 2.24) is 9.55 Å². The van der Waals surface area contributed by atoms with Gasteiger partial charge in [0.25, 0.3) is 0 Å². The summed E-state index contributed by atoms with van der Waals surface area (Å²) in [6.45, 7) is 1.84. The molecule has 2 rings (SSSR count). The highest BCUT2D eigenvalue weighted by atomic mass is 32.1. The van der Waals surface area contributed by atoms with Crippen LogP contribution in [0.25, 0.3) is 11.0 Å². The van der Waals surface area contributed by atoms with Crippen LogP contribution in [0.1, 0.15) is 17.0 Å². The molecule has 0 saturated carbocycles. The number of aryl methyl sites for hydroxylation is 1. The van der Waals surface area contributed by atoms with Gasteiger partial charge in [-0.1, -0.05) is 12.1 Å². The van der Waals surface area contributed by atoms with Gasteiger partial charge >= 0.3 is 0 Å². The smallest absolute Gasteiger partial charge is 0.233 e. The van der Waals surface area contributed by atoms with E-state index in [1.54, 1.807) is 4.57 Å². The first-order chi connectivity index (χ1) is 7.24. The molecule has 0 aliphatic heterocycles. The van der Waals surface area contributed by atoms with Gasteiger partial charge in [0.2, 0.25) is 5.91 Å². The van der Waals surface area contributed by atoms with Crippen LogP contribution in [-0.4, -0.2) is 21.2 Å². The minimum Gasteiger partial charge on any atom is -0.274 e. The third-order valence-corrected chi connectivity index (χ3v) is 2.53. The van der Waals surface area contributed by atoms with Crippen LogP contribution in [0.4, 0.5) is 0 Å². The van der Waals surface area contributed by atoms with E-state index in [-0.39, 0.29) is 5.91 Å². The third-order valence-electron chi connectivity index (χ3n) is 2.30. The van der Waals surface area contributed by atoms with E-state index in [9.17, 15) is 4.79 Å². The number of fused-ring (bicyclic) bond motifs is 1. The molecule has 0 atom stereocenters. The summed E-state index contributed by atoms with van der Waals surface area (Å²) < 4.78 is 1.66. The molecule has 1 aromatic heterocycles. The van der Waals surface area contributed by atoms with Gasteiger partial charge in [0.1, 0.15) is 5.82 Å². The molecular formula is C11H12N2OS. The molecule has 15 heavy (non-hydrogen) atoms. The predicted molar refractivity (Wildman–Crippen MR) is 63.6 cm³/mol. The van der Waals surface area contributed by atoms with Gasteiger partial charge in [-0.3, -0.25) is 9.36 Å². The highest BCUT2D eigenvalue weighted by molar-refractivity contribution is 7.80. The first-order valence-corrected chi connectivity index (χ1v) is 5.45. The zero-order chi connectivity index (χ0) is 10.8. The molecule has 1 heterocycles. The van der Waals surface area contributed by atoms with Crippen LogP contribution in [0.5, 0.6) is 0 Å². The lowest BCUT2D eigenvalue weighted by molar-refractivity contribution is 0.0913. The highest BCUT2D eigenvalue weighted by Crippen LogP contribution is 2.15. The number of benzene rings is 1. The van der Waals surface area contributed by atoms with Crippen molar-refractivity contribution >= 4 is 29.6 Å². The normalized spacial score (nSPS) is 10.8. The summed E-state index contributed by atoms with van der Waals surface area (Å²) in [5, 5.41) is 0. The summed E-state index contributed by atoms with van der Waals surface area (Å²) in [7, 11) is 0. The number of hydrogen-bond acceptors (Lipinski definition) is 3. The molecule has 0 saturated heterocycles. The van der Waals surface area contributed by atoms with E-state index in [1.807, 2.05) is 31.2 Å². The van der Waals surface area contributed by atoms with Gasteiger partial charge in [0.15, 0.2) is 0 Å². The summed E-state index contributed by atoms with van der Waals surface area (Å²) in [5.41, 5.74) is 1.74. The van der Waals surface area contributed by atoms with E-state index in [1.165, 1.54) is 0 Å². The fourth-order valence-corrected chi connectivity index (χ4v) is 1.86. The van der Waals surface area contributed by atoms with Crippen molar-refractivity contribution in [2.24, 2.45) is 0 Å². The van der Waals surface area contributed by atoms with Crippen molar-refractivity contribution in [2.45, 2.75) is 13.3 Å². The number of imidazole rings is 1. The zero-order valence-corrected chi connectivity index (χ0v) is 9.37. The average Bonchev–Trinajstić information content (AvgIpc) is 2.54. The first-order valence-electron chi connectivity index (χ1n) is 4.82. The highest BCUT2D eigenvalue weighted by Gasteiger charge is 2.12. The molecule has 3 nitrogen and oxygen atoms in total. The van der Waals surface area contributed by atoms with Gasteiger partial charge in [-0.2, -0.15) is 12.6 Å². The molecule has 4 heteroatoms. The Balaban J connectivity index is 2.58. The number of aromatic nitrogens is 2. The molecule has 78 valence electrons. The molecule has 2 aromatic rings. The third kappa shape index (κ3) is 1.77. The predicted octanol–water partition coefficient (Wildman–Crippen LogP) is 2.30. The largest absolute Gasteiger partial charge is 0.274 e. The Labute approximate surface area is 93.5 Å². The number of thiol groups is 1. The Morgan fingerprint density at radius 3 is 2.93 bits per heavy atom. The second-order valence-electron chi connectivity index (χ2n) is 3.35. The van der Waals surface area contributed by atoms with Crippen LogP contribution in [0.2, 0.25) is 0 Å². The maximum atomic E-state index is 11.8. The Morgan fingerprint density at radius 2 is 2.20 bits per heavy atom. The summed E-state index contributed by atoms with van der Waals surface area (Å²) in [5.74, 6) is 1.35. The molecule has 0 aliphatic rings. The number of carbonyl (C=O) groups excluding carboxylic acids is 1. The molecule has 1 aromatic carbocycles. The van der Waals surface area contributed by atoms with Crippen molar-refractivity contribution in [3.05, 3.63) is 30.1 Å². The van der Waals surface area contributed by atoms with Crippen LogP contribution in [0, 0.1) is 6.92 Å². The van der Waals surface area contributed by atoms with Gasteiger partial charge in [-0.05, 0) is 24.8 Å². The lowest BCUT2D eigenvalue weighted by atomic mass is 10.3. The van der Waals surface area contributed by atoms with Crippen LogP contribution < -0.4 is 0 Å². The van der Waals surface area contributed by atoms with Gasteiger partial charge in [0.05, 0.1) is 11.0 Å². The van der Waals surface area contributed by atoms with Crippen molar-refractivity contribution in [3.63, 3.8) is 0 Å². The van der Waals surface area contributed by atoms with Gasteiger partial charge in [0, 0.05) is 6.42 Å². The quantitative estimate of drug-likeness (QED) is 0.788. The van der Waals surface area contributed by atoms with Gasteiger partial charge < -0.3 is 0 Å². The maximum absolute atomic E-state index is 11.8. The fraction of sp³-hybridized carbons (Fsp3) is 0.273. The topological polar surface area (TPSA) is 34.9 Å². The van der Waals surface area contributed by atoms with E-state index in [0.29, 0.717) is 12.2 Å². The fourth-order valence-electron chi connectivity index (χ4n) is 1.67. The molecule has 0 spiro atoms. The second-order valence-corrected chi connectivity index (χ2v) is 3.80. The molecule has 0 unspecified atom stereocenters. The van der Waals surface area contributed by atoms with E-state index in [0.717, 1.165) is 16.9 Å². The Bertz CT molecular complexity index is 504. The van der Waals surface area contributed by atoms with Crippen LogP contribution >= 0.6 is 12.6 Å². The minimum atomic E-state index is 0.0520. The number of hydrogen-bond donors (Lipinski definition) is 1. The molecule has 0 aliphatic carbocycles. The number of nitrogens with zero attached hydrogens (tertiary/aromatic N) is 2. The summed E-state index contributed by atoms with van der Waals surface area (Å²) >= 11 is 4.07. The standard InChI is InChI=1S/C11H12N2OS/c1-8-12-9-4-2-3-5-10(9)13(8)11(14)6-7-15/h2-5,15H,6-7H2,1H3. The van der Waals surface area contributed by atoms with Crippen molar-refractivity contribution < 1.29 is 4.79 Å². The van der Waals surface area contributed by atoms with E-state index < -0.39 is 0 Å².